The standard InChI is InChI=1S/C19H24FN3O2S/c20-19-7-2-1-5-17(19)15-26(24,25)22-13-16-8-11-23(12-9-16)14-18-6-3-4-10-21-18/h1-7,10,16,22H,8-9,11-15H2. The number of likely N-dealkylation sites (tertiary alicyclic amines) is 1. The topological polar surface area (TPSA) is 62.3 Å². The Balaban J connectivity index is 1.44. The molecule has 0 unspecified atom stereocenters. The van der Waals surface area contributed by atoms with Crippen molar-refractivity contribution in [1.29, 1.82) is 0 Å². The smallest absolute Gasteiger partial charge is 0.215 e. The maximum absolute atomic E-state index is 13.6. The molecule has 0 spiro atoms. The summed E-state index contributed by atoms with van der Waals surface area (Å²) in [5.41, 5.74) is 1.25. The second kappa shape index (κ2) is 8.70. The molecule has 26 heavy (non-hydrogen) atoms. The van der Waals surface area contributed by atoms with Crippen LogP contribution in [0.1, 0.15) is 24.1 Å². The minimum absolute atomic E-state index is 0.199. The molecule has 1 aromatic carbocycles. The fraction of sp³-hybridized carbons (Fsp3) is 0.421. The van der Waals surface area contributed by atoms with Gasteiger partial charge in [-0.3, -0.25) is 9.88 Å². The summed E-state index contributed by atoms with van der Waals surface area (Å²) < 4.78 is 40.7. The first kappa shape index (κ1) is 18.9. The zero-order valence-corrected chi connectivity index (χ0v) is 15.5. The average Bonchev–Trinajstić information content (AvgIpc) is 2.64. The summed E-state index contributed by atoms with van der Waals surface area (Å²) in [5, 5.41) is 0. The van der Waals surface area contributed by atoms with Gasteiger partial charge in [-0.15, -0.1) is 0 Å². The molecular formula is C19H24FN3O2S. The fourth-order valence-corrected chi connectivity index (χ4v) is 4.42. The van der Waals surface area contributed by atoms with E-state index in [9.17, 15) is 12.8 Å². The van der Waals surface area contributed by atoms with Crippen LogP contribution in [0.3, 0.4) is 0 Å². The Morgan fingerprint density at radius 3 is 2.54 bits per heavy atom. The number of piperidine rings is 1. The molecule has 2 aromatic rings. The van der Waals surface area contributed by atoms with E-state index in [-0.39, 0.29) is 11.3 Å². The van der Waals surface area contributed by atoms with E-state index in [1.54, 1.807) is 18.3 Å². The molecule has 2 heterocycles. The zero-order valence-electron chi connectivity index (χ0n) is 14.6. The highest BCUT2D eigenvalue weighted by atomic mass is 32.2. The first-order chi connectivity index (χ1) is 12.5. The maximum atomic E-state index is 13.6. The van der Waals surface area contributed by atoms with E-state index in [0.717, 1.165) is 38.2 Å². The number of nitrogens with zero attached hydrogens (tertiary/aromatic N) is 2. The van der Waals surface area contributed by atoms with Gasteiger partial charge in [-0.1, -0.05) is 24.3 Å². The molecule has 0 atom stereocenters. The third kappa shape index (κ3) is 5.59. The lowest BCUT2D eigenvalue weighted by atomic mass is 9.97. The minimum atomic E-state index is -3.53. The van der Waals surface area contributed by atoms with Crippen molar-refractivity contribution in [2.24, 2.45) is 5.92 Å². The summed E-state index contributed by atoms with van der Waals surface area (Å²) in [7, 11) is -3.53. The summed E-state index contributed by atoms with van der Waals surface area (Å²) in [6, 6.07) is 11.9. The lowest BCUT2D eigenvalue weighted by Gasteiger charge is -2.31. The number of sulfonamides is 1. The van der Waals surface area contributed by atoms with Gasteiger partial charge in [-0.05, 0) is 50.0 Å². The number of pyridine rings is 1. The van der Waals surface area contributed by atoms with Crippen molar-refractivity contribution in [2.45, 2.75) is 25.1 Å². The van der Waals surface area contributed by atoms with E-state index >= 15 is 0 Å². The van der Waals surface area contributed by atoms with Crippen molar-refractivity contribution in [3.63, 3.8) is 0 Å². The van der Waals surface area contributed by atoms with Gasteiger partial charge in [-0.2, -0.15) is 0 Å². The number of halogens is 1. The molecule has 7 heteroatoms. The quantitative estimate of drug-likeness (QED) is 0.806. The summed E-state index contributed by atoms with van der Waals surface area (Å²) in [4.78, 5) is 6.68. The van der Waals surface area contributed by atoms with Crippen molar-refractivity contribution >= 4 is 10.0 Å². The van der Waals surface area contributed by atoms with Crippen LogP contribution in [0.5, 0.6) is 0 Å². The second-order valence-corrected chi connectivity index (χ2v) is 8.55. The number of hydrogen-bond acceptors (Lipinski definition) is 4. The third-order valence-electron chi connectivity index (χ3n) is 4.71. The fourth-order valence-electron chi connectivity index (χ4n) is 3.19. The van der Waals surface area contributed by atoms with Gasteiger partial charge in [0.2, 0.25) is 10.0 Å². The van der Waals surface area contributed by atoms with Gasteiger partial charge >= 0.3 is 0 Å². The van der Waals surface area contributed by atoms with Gasteiger partial charge in [0.15, 0.2) is 0 Å². The van der Waals surface area contributed by atoms with E-state index in [2.05, 4.69) is 14.6 Å². The molecule has 1 aliphatic heterocycles. The SMILES string of the molecule is O=S(=O)(Cc1ccccc1F)NCC1CCN(Cc2ccccn2)CC1. The van der Waals surface area contributed by atoms with Crippen molar-refractivity contribution in [3.8, 4) is 0 Å². The molecule has 1 aromatic heterocycles. The van der Waals surface area contributed by atoms with Gasteiger partial charge in [-0.25, -0.2) is 17.5 Å². The number of aromatic nitrogens is 1. The summed E-state index contributed by atoms with van der Waals surface area (Å²) in [5.74, 6) is -0.496. The molecule has 0 bridgehead atoms. The van der Waals surface area contributed by atoms with E-state index < -0.39 is 15.8 Å². The van der Waals surface area contributed by atoms with Crippen LogP contribution in [-0.2, 0) is 22.3 Å². The maximum Gasteiger partial charge on any atom is 0.215 e. The van der Waals surface area contributed by atoms with Crippen molar-refractivity contribution < 1.29 is 12.8 Å². The van der Waals surface area contributed by atoms with Crippen molar-refractivity contribution in [1.82, 2.24) is 14.6 Å². The number of nitrogens with one attached hydrogen (secondary N) is 1. The molecule has 1 aliphatic rings. The molecule has 3 rings (SSSR count). The minimum Gasteiger partial charge on any atom is -0.297 e. The highest BCUT2D eigenvalue weighted by Gasteiger charge is 2.22. The highest BCUT2D eigenvalue weighted by molar-refractivity contribution is 7.88. The second-order valence-electron chi connectivity index (χ2n) is 6.74. The monoisotopic (exact) mass is 377 g/mol. The number of rotatable bonds is 7. The molecule has 0 radical (unpaired) electrons. The Labute approximate surface area is 154 Å². The predicted octanol–water partition coefficient (Wildman–Crippen LogP) is 2.55. The largest absolute Gasteiger partial charge is 0.297 e. The van der Waals surface area contributed by atoms with Crippen LogP contribution in [0, 0.1) is 11.7 Å². The zero-order chi connectivity index (χ0) is 18.4. The normalized spacial score (nSPS) is 16.7. The molecule has 1 fully saturated rings. The molecule has 0 saturated carbocycles. The Bertz CT molecular complexity index is 807. The van der Waals surface area contributed by atoms with Gasteiger partial charge in [0.25, 0.3) is 0 Å². The Kier molecular flexibility index (Phi) is 6.34. The van der Waals surface area contributed by atoms with Gasteiger partial charge < -0.3 is 0 Å². The van der Waals surface area contributed by atoms with Crippen LogP contribution in [0.15, 0.2) is 48.7 Å². The number of benzene rings is 1. The van der Waals surface area contributed by atoms with Crippen LogP contribution in [0.4, 0.5) is 4.39 Å². The lowest BCUT2D eigenvalue weighted by Crippen LogP contribution is -2.38. The Hall–Kier alpha value is -1.83. The van der Waals surface area contributed by atoms with Crippen LogP contribution < -0.4 is 4.72 Å². The molecule has 1 saturated heterocycles. The molecule has 5 nitrogen and oxygen atoms in total. The van der Waals surface area contributed by atoms with Crippen molar-refractivity contribution in [2.75, 3.05) is 19.6 Å². The van der Waals surface area contributed by atoms with Gasteiger partial charge in [0, 0.05) is 24.8 Å². The molecule has 0 amide bonds. The van der Waals surface area contributed by atoms with Gasteiger partial charge in [0.05, 0.1) is 11.4 Å². The van der Waals surface area contributed by atoms with Crippen molar-refractivity contribution in [3.05, 3.63) is 65.7 Å². The van der Waals surface area contributed by atoms with Crippen LogP contribution in [0.25, 0.3) is 0 Å². The van der Waals surface area contributed by atoms with E-state index in [1.165, 1.54) is 12.1 Å². The summed E-state index contributed by atoms with van der Waals surface area (Å²) >= 11 is 0. The molecule has 1 N–H and O–H groups in total. The Morgan fingerprint density at radius 2 is 1.85 bits per heavy atom. The third-order valence-corrected chi connectivity index (χ3v) is 6.01. The predicted molar refractivity (Wildman–Crippen MR) is 99.3 cm³/mol. The molecular weight excluding hydrogens is 353 g/mol. The van der Waals surface area contributed by atoms with E-state index in [1.807, 2.05) is 18.2 Å². The Morgan fingerprint density at radius 1 is 1.12 bits per heavy atom. The van der Waals surface area contributed by atoms with Gasteiger partial charge in [0.1, 0.15) is 5.82 Å². The van der Waals surface area contributed by atoms with E-state index in [0.29, 0.717) is 12.5 Å². The molecule has 140 valence electrons. The summed E-state index contributed by atoms with van der Waals surface area (Å²) in [6.45, 7) is 3.09. The molecule has 0 aliphatic carbocycles. The van der Waals surface area contributed by atoms with E-state index in [4.69, 9.17) is 0 Å². The highest BCUT2D eigenvalue weighted by Crippen LogP contribution is 2.18. The first-order valence-electron chi connectivity index (χ1n) is 8.85. The van der Waals surface area contributed by atoms with Crippen LogP contribution in [0.2, 0.25) is 0 Å². The van der Waals surface area contributed by atoms with Crippen LogP contribution in [-0.4, -0.2) is 37.9 Å². The van der Waals surface area contributed by atoms with Crippen LogP contribution >= 0.6 is 0 Å². The number of hydrogen-bond donors (Lipinski definition) is 1. The summed E-state index contributed by atoms with van der Waals surface area (Å²) in [6.07, 6.45) is 3.68. The average molecular weight is 377 g/mol. The lowest BCUT2D eigenvalue weighted by molar-refractivity contribution is 0.177. The first-order valence-corrected chi connectivity index (χ1v) is 10.5.